The first-order chi connectivity index (χ1) is 30.0. The number of benzene rings is 4. The summed E-state index contributed by atoms with van der Waals surface area (Å²) >= 11 is 0. The number of phenolic OH excluding ortho intramolecular Hbond substituents is 1. The number of amides is 1. The first-order valence-corrected chi connectivity index (χ1v) is 21.1. The van der Waals surface area contributed by atoms with Crippen molar-refractivity contribution in [2.24, 2.45) is 10.9 Å². The Morgan fingerprint density at radius 3 is 2.71 bits per heavy atom. The Hall–Kier alpha value is -5.58. The number of aliphatic imine (C=N–C) groups is 1. The molecule has 0 unspecified atom stereocenters. The van der Waals surface area contributed by atoms with E-state index in [-0.39, 0.29) is 59.7 Å². The van der Waals surface area contributed by atoms with Crippen LogP contribution < -0.4 is 14.8 Å². The molecule has 4 aromatic carbocycles. The van der Waals surface area contributed by atoms with E-state index in [1.54, 1.807) is 36.6 Å². The predicted octanol–water partition coefficient (Wildman–Crippen LogP) is 4.32. The third kappa shape index (κ3) is 6.35. The van der Waals surface area contributed by atoms with Gasteiger partial charge in [-0.1, -0.05) is 36.8 Å². The molecule has 6 aliphatic rings. The molecule has 320 valence electrons. The molecule has 2 fully saturated rings. The smallest absolute Gasteiger partial charge is 0.254 e. The van der Waals surface area contributed by atoms with Crippen molar-refractivity contribution in [3.8, 4) is 17.2 Å². The van der Waals surface area contributed by atoms with E-state index in [1.807, 2.05) is 43.5 Å². The molecule has 0 radical (unpaired) electrons. The van der Waals surface area contributed by atoms with Crippen molar-refractivity contribution in [1.82, 2.24) is 10.2 Å². The number of allylic oxidation sites excluding steroid dienone is 1. The quantitative estimate of drug-likeness (QED) is 0.109. The maximum atomic E-state index is 14.9. The van der Waals surface area contributed by atoms with Crippen molar-refractivity contribution in [1.29, 1.82) is 0 Å². The fourth-order valence-electron chi connectivity index (χ4n) is 10.3. The standard InChI is InChI=1S/C48H47N3O11/c1-49-18-24-10-14-34-31(16-24)33(19-50-34)36-15-13-30-37(59-2)17-32-29-12-11-25-7-5-9-27(25)39(29)41(35(53)21-51-20-26-6-3-4-8-28(26)46(51)57)43(55)40(32)44(30)62-47-48(58,23-52)45(56)42(54)38(61-47)22-60-36/h3-4,6,8,10-17,19,25,27,36,38,42,45,47,49,52,54,56,58H,5,7,9,18,20-23H2,1-2H3/p+1/b15-13+/t25-,27-,36-,38-,42-,45+,47-,48-/m1/s1. The fraction of sp³-hybridized carbons (Fsp3) is 0.375. The molecule has 10 rings (SSSR count). The highest BCUT2D eigenvalue weighted by atomic mass is 16.7. The lowest BCUT2D eigenvalue weighted by molar-refractivity contribution is -0.329. The summed E-state index contributed by atoms with van der Waals surface area (Å²) < 4.78 is 25.4. The van der Waals surface area contributed by atoms with E-state index in [1.165, 1.54) is 12.0 Å². The van der Waals surface area contributed by atoms with Gasteiger partial charge in [-0.3, -0.25) is 9.59 Å². The van der Waals surface area contributed by atoms with Gasteiger partial charge in [0.05, 0.1) is 49.4 Å². The third-order valence-electron chi connectivity index (χ3n) is 13.5. The summed E-state index contributed by atoms with van der Waals surface area (Å²) in [7, 11) is 3.35. The molecule has 8 atom stereocenters. The molecule has 4 heterocycles. The maximum absolute atomic E-state index is 14.9. The van der Waals surface area contributed by atoms with Gasteiger partial charge in [-0.2, -0.15) is 4.99 Å². The summed E-state index contributed by atoms with van der Waals surface area (Å²) in [5.41, 5.74) is 3.03. The average molecular weight is 843 g/mol. The Balaban J connectivity index is 1.18. The molecule has 1 saturated heterocycles. The zero-order valence-electron chi connectivity index (χ0n) is 34.3. The Morgan fingerprint density at radius 2 is 1.92 bits per heavy atom. The SMILES string of the molecule is CNCc1ccc2c(c1)[C+]([C@H]1/C=C/c3c(OC)cc4c5c(c(C(=O)CN6Cc7ccccc7C6=O)c(O)c4c3O[C@H]3O[C@H](CO1)[C@@H](O)[C@H](O)[C@]3(O)CO)[C@@H]1CCC[C@@H]1C=C5)C=N2. The second-order valence-electron chi connectivity index (χ2n) is 17.0. The molecule has 4 aliphatic heterocycles. The highest BCUT2D eigenvalue weighted by Gasteiger charge is 2.57. The lowest BCUT2D eigenvalue weighted by Gasteiger charge is -2.47. The van der Waals surface area contributed by atoms with Crippen LogP contribution >= 0.6 is 0 Å². The summed E-state index contributed by atoms with van der Waals surface area (Å²) in [6, 6.07) is 14.9. The maximum Gasteiger partial charge on any atom is 0.254 e. The number of hydrogen-bond acceptors (Lipinski definition) is 13. The molecule has 14 heteroatoms. The number of carbonyl (C=O) groups is 2. The normalized spacial score (nSPS) is 28.7. The number of methoxy groups -OCH3 is 1. The minimum atomic E-state index is -2.57. The van der Waals surface area contributed by atoms with Gasteiger partial charge in [-0.05, 0) is 78.8 Å². The van der Waals surface area contributed by atoms with E-state index in [0.717, 1.165) is 41.6 Å². The van der Waals surface area contributed by atoms with Gasteiger partial charge < -0.3 is 54.7 Å². The number of rotatable bonds is 8. The number of aliphatic hydroxyl groups is 4. The Kier molecular flexibility index (Phi) is 10.2. The van der Waals surface area contributed by atoms with Crippen LogP contribution in [0.2, 0.25) is 0 Å². The molecule has 4 aromatic rings. The summed E-state index contributed by atoms with van der Waals surface area (Å²) in [6.07, 6.45) is 4.26. The number of phenols is 1. The van der Waals surface area contributed by atoms with Gasteiger partial charge in [-0.15, -0.1) is 0 Å². The van der Waals surface area contributed by atoms with Gasteiger partial charge in [-0.25, -0.2) is 0 Å². The predicted molar refractivity (Wildman–Crippen MR) is 229 cm³/mol. The molecule has 1 saturated carbocycles. The second kappa shape index (κ2) is 15.6. The monoisotopic (exact) mass is 842 g/mol. The number of nitrogens with zero attached hydrogens (tertiary/aromatic N) is 2. The van der Waals surface area contributed by atoms with Crippen molar-refractivity contribution >= 4 is 46.5 Å². The van der Waals surface area contributed by atoms with Crippen LogP contribution in [0.25, 0.3) is 22.9 Å². The minimum absolute atomic E-state index is 0.0648. The van der Waals surface area contributed by atoms with Crippen LogP contribution in [0.15, 0.2) is 65.7 Å². The summed E-state index contributed by atoms with van der Waals surface area (Å²) in [5.74, 6) is -0.164. The molecule has 1 amide bonds. The van der Waals surface area contributed by atoms with E-state index >= 15 is 0 Å². The first-order valence-electron chi connectivity index (χ1n) is 21.1. The molecule has 0 aromatic heterocycles. The van der Waals surface area contributed by atoms with E-state index in [2.05, 4.69) is 16.4 Å². The average Bonchev–Trinajstić information content (AvgIpc) is 4.01. The van der Waals surface area contributed by atoms with Gasteiger partial charge in [0, 0.05) is 35.7 Å². The van der Waals surface area contributed by atoms with Crippen molar-refractivity contribution in [2.45, 2.75) is 74.6 Å². The van der Waals surface area contributed by atoms with Crippen LogP contribution in [0, 0.1) is 11.8 Å². The Labute approximate surface area is 357 Å². The van der Waals surface area contributed by atoms with E-state index < -0.39 is 54.4 Å². The molecule has 6 N–H and O–H groups in total. The lowest BCUT2D eigenvalue weighted by Crippen LogP contribution is -2.69. The van der Waals surface area contributed by atoms with Crippen LogP contribution in [-0.4, -0.2) is 119 Å². The number of Topliss-reactive ketones (excluding diaryl/α,β-unsaturated/α-hetero) is 1. The zero-order valence-corrected chi connectivity index (χ0v) is 34.3. The van der Waals surface area contributed by atoms with Crippen molar-refractivity contribution in [3.05, 3.63) is 111 Å². The molecule has 0 spiro atoms. The topological polar surface area (TPSA) is 200 Å². The summed E-state index contributed by atoms with van der Waals surface area (Å²) in [5, 5.41) is 61.8. The largest absolute Gasteiger partial charge is 0.506 e. The number of hydrogen-bond donors (Lipinski definition) is 6. The number of ketones is 1. The fourth-order valence-corrected chi connectivity index (χ4v) is 10.3. The van der Waals surface area contributed by atoms with Crippen LogP contribution in [0.3, 0.4) is 0 Å². The van der Waals surface area contributed by atoms with E-state index in [0.29, 0.717) is 40.3 Å². The molecule has 14 nitrogen and oxygen atoms in total. The van der Waals surface area contributed by atoms with Gasteiger partial charge in [0.15, 0.2) is 22.6 Å². The number of carbonyl (C=O) groups excluding carboxylic acids is 2. The molecular weight excluding hydrogens is 795 g/mol. The number of aliphatic hydroxyl groups excluding tert-OH is 3. The third-order valence-corrected chi connectivity index (χ3v) is 13.5. The van der Waals surface area contributed by atoms with Gasteiger partial charge in [0.25, 0.3) is 5.91 Å². The zero-order chi connectivity index (χ0) is 43.0. The van der Waals surface area contributed by atoms with Crippen LogP contribution in [0.5, 0.6) is 17.2 Å². The lowest BCUT2D eigenvalue weighted by atomic mass is 9.75. The second-order valence-corrected chi connectivity index (χ2v) is 17.0. The summed E-state index contributed by atoms with van der Waals surface area (Å²) in [6.45, 7) is -0.801. The van der Waals surface area contributed by atoms with Gasteiger partial charge in [0.2, 0.25) is 6.29 Å². The number of nitrogens with one attached hydrogen (secondary N) is 1. The van der Waals surface area contributed by atoms with Crippen molar-refractivity contribution < 1.29 is 54.1 Å². The number of aromatic hydroxyl groups is 1. The van der Waals surface area contributed by atoms with Gasteiger partial charge >= 0.3 is 0 Å². The molecule has 62 heavy (non-hydrogen) atoms. The first kappa shape index (κ1) is 40.5. The molecule has 2 bridgehead atoms. The Bertz CT molecular complexity index is 2590. The molecule has 2 aliphatic carbocycles. The van der Waals surface area contributed by atoms with E-state index in [4.69, 9.17) is 18.9 Å². The number of ether oxygens (including phenoxy) is 4. The number of fused-ring (bicyclic) bond motifs is 11. The summed E-state index contributed by atoms with van der Waals surface area (Å²) in [4.78, 5) is 34.6. The highest BCUT2D eigenvalue weighted by molar-refractivity contribution is 6.14. The van der Waals surface area contributed by atoms with Crippen molar-refractivity contribution in [2.75, 3.05) is 33.9 Å². The minimum Gasteiger partial charge on any atom is -0.506 e. The van der Waals surface area contributed by atoms with Crippen LogP contribution in [0.4, 0.5) is 5.69 Å². The van der Waals surface area contributed by atoms with Crippen LogP contribution in [0.1, 0.15) is 79.3 Å². The highest BCUT2D eigenvalue weighted by Crippen LogP contribution is 2.55. The van der Waals surface area contributed by atoms with E-state index in [9.17, 15) is 35.1 Å². The molecular formula is C48H48N3O11+. The van der Waals surface area contributed by atoms with Gasteiger partial charge in [0.1, 0.15) is 53.8 Å². The van der Waals surface area contributed by atoms with Crippen molar-refractivity contribution in [3.63, 3.8) is 0 Å². The van der Waals surface area contributed by atoms with Crippen LogP contribution in [-0.2, 0) is 22.6 Å². The Morgan fingerprint density at radius 1 is 1.10 bits per heavy atom.